The van der Waals surface area contributed by atoms with Gasteiger partial charge in [0.15, 0.2) is 0 Å². The number of carbonyl (C=O) groups is 2. The second-order valence-corrected chi connectivity index (χ2v) is 5.40. The van der Waals surface area contributed by atoms with Crippen LogP contribution in [0.3, 0.4) is 0 Å². The van der Waals surface area contributed by atoms with Crippen LogP contribution in [0.2, 0.25) is 0 Å². The highest BCUT2D eigenvalue weighted by Crippen LogP contribution is 2.14. The minimum atomic E-state index is -0.910. The summed E-state index contributed by atoms with van der Waals surface area (Å²) in [5.74, 6) is -0.889. The quantitative estimate of drug-likeness (QED) is 0.631. The third kappa shape index (κ3) is 4.85. The standard InChI is InChI=1S/C17H18N4O4/c1-12(22)20(14-5-3-2-4-6-14)19-17(23)16(18)11-13-7-9-15(10-8-13)21(24)25/h2-10,16H,11,18H2,1H3,(H,19,23)/t16-/m0/s1. The summed E-state index contributed by atoms with van der Waals surface area (Å²) in [5.41, 5.74) is 9.55. The van der Waals surface area contributed by atoms with Crippen molar-refractivity contribution in [1.82, 2.24) is 5.43 Å². The van der Waals surface area contributed by atoms with E-state index in [1.165, 1.54) is 19.1 Å². The van der Waals surface area contributed by atoms with Crippen molar-refractivity contribution >= 4 is 23.2 Å². The fourth-order valence-corrected chi connectivity index (χ4v) is 2.20. The number of non-ortho nitro benzene ring substituents is 1. The van der Waals surface area contributed by atoms with Crippen molar-refractivity contribution in [3.05, 3.63) is 70.3 Å². The van der Waals surface area contributed by atoms with Crippen LogP contribution in [0.5, 0.6) is 0 Å². The van der Waals surface area contributed by atoms with Crippen molar-refractivity contribution in [1.29, 1.82) is 0 Å². The predicted molar refractivity (Wildman–Crippen MR) is 92.5 cm³/mol. The summed E-state index contributed by atoms with van der Waals surface area (Å²) in [6, 6.07) is 13.5. The molecule has 0 aliphatic rings. The maximum atomic E-state index is 12.3. The van der Waals surface area contributed by atoms with Crippen molar-refractivity contribution in [2.75, 3.05) is 5.01 Å². The highest BCUT2D eigenvalue weighted by Gasteiger charge is 2.20. The maximum absolute atomic E-state index is 12.3. The van der Waals surface area contributed by atoms with E-state index in [4.69, 9.17) is 5.73 Å². The van der Waals surface area contributed by atoms with Gasteiger partial charge in [-0.25, -0.2) is 5.01 Å². The van der Waals surface area contributed by atoms with Crippen LogP contribution in [0.25, 0.3) is 0 Å². The summed E-state index contributed by atoms with van der Waals surface area (Å²) < 4.78 is 0. The third-order valence-corrected chi connectivity index (χ3v) is 3.49. The molecule has 130 valence electrons. The van der Waals surface area contributed by atoms with Gasteiger partial charge in [-0.15, -0.1) is 0 Å². The number of nitro groups is 1. The van der Waals surface area contributed by atoms with Crippen LogP contribution in [-0.2, 0) is 16.0 Å². The summed E-state index contributed by atoms with van der Waals surface area (Å²) in [6.07, 6.45) is 0.185. The van der Waals surface area contributed by atoms with Gasteiger partial charge in [-0.1, -0.05) is 30.3 Å². The molecule has 8 heteroatoms. The molecule has 0 aromatic heterocycles. The number of anilines is 1. The molecule has 0 aliphatic carbocycles. The van der Waals surface area contributed by atoms with Gasteiger partial charge in [0, 0.05) is 19.1 Å². The number of amides is 2. The number of para-hydroxylation sites is 1. The normalized spacial score (nSPS) is 11.4. The molecule has 1 atom stereocenters. The molecule has 0 radical (unpaired) electrons. The Morgan fingerprint density at radius 2 is 1.76 bits per heavy atom. The molecule has 3 N–H and O–H groups in total. The topological polar surface area (TPSA) is 119 Å². The number of nitrogens with one attached hydrogen (secondary N) is 1. The van der Waals surface area contributed by atoms with Gasteiger partial charge in [-0.3, -0.25) is 25.1 Å². The number of hydrogen-bond acceptors (Lipinski definition) is 5. The van der Waals surface area contributed by atoms with E-state index < -0.39 is 16.9 Å². The SMILES string of the molecule is CC(=O)N(NC(=O)[C@@H](N)Cc1ccc([N+](=O)[O-])cc1)c1ccccc1. The molecular formula is C17H18N4O4. The van der Waals surface area contributed by atoms with Gasteiger partial charge in [-0.05, 0) is 24.1 Å². The zero-order valence-corrected chi connectivity index (χ0v) is 13.6. The minimum absolute atomic E-state index is 0.0337. The van der Waals surface area contributed by atoms with Crippen molar-refractivity contribution in [3.63, 3.8) is 0 Å². The smallest absolute Gasteiger partial charge is 0.269 e. The van der Waals surface area contributed by atoms with E-state index >= 15 is 0 Å². The average molecular weight is 342 g/mol. The van der Waals surface area contributed by atoms with Crippen molar-refractivity contribution < 1.29 is 14.5 Å². The first-order chi connectivity index (χ1) is 11.9. The number of carbonyl (C=O) groups excluding carboxylic acids is 2. The average Bonchev–Trinajstić information content (AvgIpc) is 2.60. The third-order valence-electron chi connectivity index (χ3n) is 3.49. The summed E-state index contributed by atoms with van der Waals surface area (Å²) in [7, 11) is 0. The van der Waals surface area contributed by atoms with E-state index in [0.29, 0.717) is 11.3 Å². The van der Waals surface area contributed by atoms with Crippen LogP contribution in [0.15, 0.2) is 54.6 Å². The van der Waals surface area contributed by atoms with E-state index in [9.17, 15) is 19.7 Å². The Morgan fingerprint density at radius 1 is 1.16 bits per heavy atom. The Kier molecular flexibility index (Phi) is 5.80. The summed E-state index contributed by atoms with van der Waals surface area (Å²) in [4.78, 5) is 34.2. The molecule has 8 nitrogen and oxygen atoms in total. The van der Waals surface area contributed by atoms with E-state index in [0.717, 1.165) is 5.01 Å². The Morgan fingerprint density at radius 3 is 2.28 bits per heavy atom. The fraction of sp³-hybridized carbons (Fsp3) is 0.176. The summed E-state index contributed by atoms with van der Waals surface area (Å²) in [5, 5.41) is 11.8. The van der Waals surface area contributed by atoms with Crippen LogP contribution >= 0.6 is 0 Å². The molecule has 0 saturated heterocycles. The predicted octanol–water partition coefficient (Wildman–Crippen LogP) is 1.55. The van der Waals surface area contributed by atoms with E-state index in [2.05, 4.69) is 5.43 Å². The molecule has 0 heterocycles. The Hall–Kier alpha value is -3.26. The number of rotatable bonds is 5. The lowest BCUT2D eigenvalue weighted by atomic mass is 10.1. The van der Waals surface area contributed by atoms with E-state index in [-0.39, 0.29) is 18.0 Å². The lowest BCUT2D eigenvalue weighted by molar-refractivity contribution is -0.384. The van der Waals surface area contributed by atoms with Gasteiger partial charge in [0.25, 0.3) is 11.6 Å². The van der Waals surface area contributed by atoms with Gasteiger partial charge < -0.3 is 5.73 Å². The lowest BCUT2D eigenvalue weighted by Crippen LogP contribution is -2.52. The van der Waals surface area contributed by atoms with Gasteiger partial charge in [0.2, 0.25) is 5.91 Å². The number of hydrazine groups is 1. The number of benzene rings is 2. The first-order valence-electron chi connectivity index (χ1n) is 7.53. The molecule has 2 rings (SSSR count). The van der Waals surface area contributed by atoms with E-state index in [1.54, 1.807) is 42.5 Å². The molecule has 25 heavy (non-hydrogen) atoms. The van der Waals surface area contributed by atoms with Gasteiger partial charge in [0.1, 0.15) is 0 Å². The summed E-state index contributed by atoms with van der Waals surface area (Å²) in [6.45, 7) is 1.33. The molecule has 2 aromatic carbocycles. The molecule has 0 aliphatic heterocycles. The minimum Gasteiger partial charge on any atom is -0.320 e. The Labute approximate surface area is 144 Å². The first kappa shape index (κ1) is 18.1. The molecule has 0 spiro atoms. The molecular weight excluding hydrogens is 324 g/mol. The number of hydrogen-bond donors (Lipinski definition) is 2. The van der Waals surface area contributed by atoms with Crippen molar-refractivity contribution in [2.24, 2.45) is 5.73 Å². The van der Waals surface area contributed by atoms with Gasteiger partial charge in [0.05, 0.1) is 16.7 Å². The Balaban J connectivity index is 2.03. The van der Waals surface area contributed by atoms with Crippen LogP contribution in [0.4, 0.5) is 11.4 Å². The first-order valence-corrected chi connectivity index (χ1v) is 7.53. The van der Waals surface area contributed by atoms with Gasteiger partial charge >= 0.3 is 0 Å². The molecule has 0 fully saturated rings. The number of nitrogens with two attached hydrogens (primary N) is 1. The van der Waals surface area contributed by atoms with Crippen LogP contribution < -0.4 is 16.2 Å². The largest absolute Gasteiger partial charge is 0.320 e. The molecule has 2 aromatic rings. The van der Waals surface area contributed by atoms with Crippen LogP contribution in [-0.4, -0.2) is 22.8 Å². The summed E-state index contributed by atoms with van der Waals surface area (Å²) >= 11 is 0. The van der Waals surface area contributed by atoms with Gasteiger partial charge in [-0.2, -0.15) is 0 Å². The second kappa shape index (κ2) is 8.02. The van der Waals surface area contributed by atoms with Crippen LogP contribution in [0, 0.1) is 10.1 Å². The molecule has 0 saturated carbocycles. The van der Waals surface area contributed by atoms with Crippen molar-refractivity contribution in [2.45, 2.75) is 19.4 Å². The maximum Gasteiger partial charge on any atom is 0.269 e. The van der Waals surface area contributed by atoms with E-state index in [1.807, 2.05) is 0 Å². The lowest BCUT2D eigenvalue weighted by Gasteiger charge is -2.23. The zero-order chi connectivity index (χ0) is 18.4. The highest BCUT2D eigenvalue weighted by atomic mass is 16.6. The fourth-order valence-electron chi connectivity index (χ4n) is 2.20. The molecule has 0 unspecified atom stereocenters. The Bertz CT molecular complexity index is 762. The highest BCUT2D eigenvalue weighted by molar-refractivity contribution is 5.96. The van der Waals surface area contributed by atoms with Crippen LogP contribution in [0.1, 0.15) is 12.5 Å². The monoisotopic (exact) mass is 342 g/mol. The number of nitro benzene ring substituents is 1. The molecule has 2 amide bonds. The number of nitrogens with zero attached hydrogens (tertiary/aromatic N) is 2. The van der Waals surface area contributed by atoms with Crippen molar-refractivity contribution in [3.8, 4) is 0 Å². The second-order valence-electron chi connectivity index (χ2n) is 5.40. The molecule has 0 bridgehead atoms. The zero-order valence-electron chi connectivity index (χ0n) is 13.6.